The van der Waals surface area contributed by atoms with Crippen molar-refractivity contribution in [1.82, 2.24) is 4.90 Å². The molecule has 0 aliphatic carbocycles. The van der Waals surface area contributed by atoms with E-state index in [1.54, 1.807) is 18.2 Å². The number of rotatable bonds is 3. The molecule has 0 fully saturated rings. The Morgan fingerprint density at radius 3 is 2.26 bits per heavy atom. The minimum atomic E-state index is -1.04. The van der Waals surface area contributed by atoms with Crippen molar-refractivity contribution in [2.45, 2.75) is 13.0 Å². The first-order chi connectivity index (χ1) is 12.9. The zero-order chi connectivity index (χ0) is 19.3. The highest BCUT2D eigenvalue weighted by Crippen LogP contribution is 2.35. The largest absolute Gasteiger partial charge is 0.454 e. The molecular formula is C18H12Cl2N2O5. The molecule has 0 bridgehead atoms. The van der Waals surface area contributed by atoms with Crippen LogP contribution < -0.4 is 14.8 Å². The Morgan fingerprint density at radius 2 is 1.63 bits per heavy atom. The van der Waals surface area contributed by atoms with E-state index >= 15 is 0 Å². The van der Waals surface area contributed by atoms with E-state index in [9.17, 15) is 14.4 Å². The third-order valence-corrected chi connectivity index (χ3v) is 5.09. The summed E-state index contributed by atoms with van der Waals surface area (Å²) in [5.41, 5.74) is 0.702. The van der Waals surface area contributed by atoms with E-state index in [-0.39, 0.29) is 28.0 Å². The first kappa shape index (κ1) is 17.6. The van der Waals surface area contributed by atoms with Crippen LogP contribution in [0, 0.1) is 0 Å². The lowest BCUT2D eigenvalue weighted by Crippen LogP contribution is -2.45. The molecule has 0 saturated carbocycles. The van der Waals surface area contributed by atoms with Gasteiger partial charge in [-0.05, 0) is 31.2 Å². The van der Waals surface area contributed by atoms with Gasteiger partial charge >= 0.3 is 0 Å². The highest BCUT2D eigenvalue weighted by molar-refractivity contribution is 6.43. The number of hydrogen-bond donors (Lipinski definition) is 1. The number of anilines is 1. The predicted molar refractivity (Wildman–Crippen MR) is 97.6 cm³/mol. The van der Waals surface area contributed by atoms with Crippen LogP contribution in [-0.2, 0) is 4.79 Å². The summed E-state index contributed by atoms with van der Waals surface area (Å²) < 4.78 is 10.5. The quantitative estimate of drug-likeness (QED) is 0.789. The van der Waals surface area contributed by atoms with Gasteiger partial charge in [0.15, 0.2) is 11.5 Å². The molecule has 1 atom stereocenters. The Morgan fingerprint density at radius 1 is 1.04 bits per heavy atom. The number of nitrogens with zero attached hydrogens (tertiary/aromatic N) is 1. The fourth-order valence-corrected chi connectivity index (χ4v) is 3.27. The standard InChI is InChI=1S/C18H12Cl2N2O5/c1-8(16(23)21-9-2-3-14-15(4-9)27-7-26-14)22-17(24)10-5-12(19)13(20)6-11(10)18(22)25/h2-6,8H,7H2,1H3,(H,21,23)/t8-/m0/s1. The van der Waals surface area contributed by atoms with Crippen LogP contribution in [0.3, 0.4) is 0 Å². The number of nitrogens with one attached hydrogen (secondary N) is 1. The van der Waals surface area contributed by atoms with Gasteiger partial charge in [-0.25, -0.2) is 0 Å². The second kappa shape index (κ2) is 6.44. The Labute approximate surface area is 163 Å². The normalized spacial score (nSPS) is 15.7. The van der Waals surface area contributed by atoms with Crippen molar-refractivity contribution >= 4 is 46.6 Å². The topological polar surface area (TPSA) is 84.9 Å². The Kier molecular flexibility index (Phi) is 4.20. The van der Waals surface area contributed by atoms with Crippen molar-refractivity contribution in [3.05, 3.63) is 51.5 Å². The number of imide groups is 1. The van der Waals surface area contributed by atoms with Crippen molar-refractivity contribution < 1.29 is 23.9 Å². The SMILES string of the molecule is C[C@@H](C(=O)Nc1ccc2c(c1)OCO2)N1C(=O)c2cc(Cl)c(Cl)cc2C1=O. The van der Waals surface area contributed by atoms with E-state index in [0.717, 1.165) is 4.90 Å². The van der Waals surface area contributed by atoms with Crippen molar-refractivity contribution in [2.75, 3.05) is 12.1 Å². The average molecular weight is 407 g/mol. The van der Waals surface area contributed by atoms with Gasteiger partial charge in [-0.3, -0.25) is 19.3 Å². The zero-order valence-electron chi connectivity index (χ0n) is 13.9. The molecule has 4 rings (SSSR count). The van der Waals surface area contributed by atoms with Crippen LogP contribution in [0.1, 0.15) is 27.6 Å². The van der Waals surface area contributed by atoms with E-state index < -0.39 is 23.8 Å². The molecule has 2 aliphatic heterocycles. The number of fused-ring (bicyclic) bond motifs is 2. The third-order valence-electron chi connectivity index (χ3n) is 4.37. The molecule has 27 heavy (non-hydrogen) atoms. The van der Waals surface area contributed by atoms with Crippen LogP contribution in [0.4, 0.5) is 5.69 Å². The molecular weight excluding hydrogens is 395 g/mol. The summed E-state index contributed by atoms with van der Waals surface area (Å²) in [5, 5.41) is 2.99. The van der Waals surface area contributed by atoms with Gasteiger partial charge in [0, 0.05) is 11.8 Å². The van der Waals surface area contributed by atoms with E-state index in [1.165, 1.54) is 19.1 Å². The van der Waals surface area contributed by atoms with E-state index in [4.69, 9.17) is 32.7 Å². The van der Waals surface area contributed by atoms with E-state index in [0.29, 0.717) is 17.2 Å². The van der Waals surface area contributed by atoms with Crippen molar-refractivity contribution in [2.24, 2.45) is 0 Å². The zero-order valence-corrected chi connectivity index (χ0v) is 15.4. The second-order valence-corrected chi connectivity index (χ2v) is 6.84. The van der Waals surface area contributed by atoms with Gasteiger partial charge in [-0.1, -0.05) is 23.2 Å². The molecule has 3 amide bonds. The smallest absolute Gasteiger partial charge is 0.262 e. The van der Waals surface area contributed by atoms with Gasteiger partial charge in [0.05, 0.1) is 21.2 Å². The minimum absolute atomic E-state index is 0.114. The van der Waals surface area contributed by atoms with Crippen LogP contribution in [0.5, 0.6) is 11.5 Å². The van der Waals surface area contributed by atoms with E-state index in [1.807, 2.05) is 0 Å². The maximum absolute atomic E-state index is 12.6. The summed E-state index contributed by atoms with van der Waals surface area (Å²) >= 11 is 11.9. The van der Waals surface area contributed by atoms with Crippen LogP contribution in [0.25, 0.3) is 0 Å². The fraction of sp³-hybridized carbons (Fsp3) is 0.167. The molecule has 0 aromatic heterocycles. The van der Waals surface area contributed by atoms with Crippen molar-refractivity contribution in [1.29, 1.82) is 0 Å². The molecule has 0 saturated heterocycles. The molecule has 1 N–H and O–H groups in total. The van der Waals surface area contributed by atoms with Crippen LogP contribution in [0.15, 0.2) is 30.3 Å². The Balaban J connectivity index is 1.56. The van der Waals surface area contributed by atoms with Gasteiger partial charge in [-0.2, -0.15) is 0 Å². The summed E-state index contributed by atoms with van der Waals surface area (Å²) in [6.45, 7) is 1.58. The van der Waals surface area contributed by atoms with Gasteiger partial charge in [-0.15, -0.1) is 0 Å². The second-order valence-electron chi connectivity index (χ2n) is 6.03. The molecule has 2 aromatic carbocycles. The number of benzene rings is 2. The van der Waals surface area contributed by atoms with Crippen molar-refractivity contribution in [3.8, 4) is 11.5 Å². The van der Waals surface area contributed by atoms with Gasteiger partial charge in [0.2, 0.25) is 12.7 Å². The summed E-state index contributed by atoms with van der Waals surface area (Å²) in [6, 6.07) is 6.54. The number of ether oxygens (including phenoxy) is 2. The third kappa shape index (κ3) is 2.89. The maximum atomic E-state index is 12.6. The lowest BCUT2D eigenvalue weighted by atomic mass is 10.1. The summed E-state index contributed by atoms with van der Waals surface area (Å²) in [4.78, 5) is 38.7. The number of hydrogen-bond acceptors (Lipinski definition) is 5. The molecule has 138 valence electrons. The van der Waals surface area contributed by atoms with Crippen molar-refractivity contribution in [3.63, 3.8) is 0 Å². The number of carbonyl (C=O) groups is 3. The number of carbonyl (C=O) groups excluding carboxylic acids is 3. The molecule has 2 aliphatic rings. The van der Waals surface area contributed by atoms with Crippen LogP contribution >= 0.6 is 23.2 Å². The highest BCUT2D eigenvalue weighted by atomic mass is 35.5. The first-order valence-corrected chi connectivity index (χ1v) is 8.70. The highest BCUT2D eigenvalue weighted by Gasteiger charge is 2.41. The predicted octanol–water partition coefficient (Wildman–Crippen LogP) is 3.35. The van der Waals surface area contributed by atoms with Gasteiger partial charge in [0.1, 0.15) is 6.04 Å². The average Bonchev–Trinajstić information content (AvgIpc) is 3.19. The molecule has 9 heteroatoms. The molecule has 2 aromatic rings. The summed E-state index contributed by atoms with van der Waals surface area (Å²) in [6.07, 6.45) is 0. The molecule has 2 heterocycles. The number of halogens is 2. The molecule has 0 unspecified atom stereocenters. The van der Waals surface area contributed by atoms with E-state index in [2.05, 4.69) is 5.32 Å². The fourth-order valence-electron chi connectivity index (χ4n) is 2.94. The minimum Gasteiger partial charge on any atom is -0.454 e. The Bertz CT molecular complexity index is 966. The maximum Gasteiger partial charge on any atom is 0.262 e. The van der Waals surface area contributed by atoms with Crippen LogP contribution in [0.2, 0.25) is 10.0 Å². The lowest BCUT2D eigenvalue weighted by molar-refractivity contribution is -0.119. The molecule has 7 nitrogen and oxygen atoms in total. The summed E-state index contributed by atoms with van der Waals surface area (Å²) in [5.74, 6) is -0.634. The first-order valence-electron chi connectivity index (χ1n) is 7.94. The van der Waals surface area contributed by atoms with Gasteiger partial charge < -0.3 is 14.8 Å². The monoisotopic (exact) mass is 406 g/mol. The lowest BCUT2D eigenvalue weighted by Gasteiger charge is -2.21. The summed E-state index contributed by atoms with van der Waals surface area (Å²) in [7, 11) is 0. The Hall–Kier alpha value is -2.77. The van der Waals surface area contributed by atoms with Crippen LogP contribution in [-0.4, -0.2) is 35.5 Å². The molecule has 0 radical (unpaired) electrons. The van der Waals surface area contributed by atoms with Gasteiger partial charge in [0.25, 0.3) is 11.8 Å². The number of amides is 3. The molecule has 0 spiro atoms.